The number of hydrogen-bond acceptors (Lipinski definition) is 5. The van der Waals surface area contributed by atoms with Crippen molar-refractivity contribution < 1.29 is 12.8 Å². The molecule has 9 heteroatoms. The second-order valence-corrected chi connectivity index (χ2v) is 9.01. The third-order valence-corrected chi connectivity index (χ3v) is 7.05. The van der Waals surface area contributed by atoms with Crippen LogP contribution < -0.4 is 10.6 Å². The molecule has 2 N–H and O–H groups in total. The standard InChI is InChI=1S/C20H29N5O3S/c1-15-16(2)28-19(24-15)14-23-20(21-3)22-13-17-9-5-6-10-18(17)29(26,27)25-11-7-4-8-12-25/h5-6,9-10H,4,7-8,11-14H2,1-3H3,(H2,21,22,23). The molecule has 0 aliphatic carbocycles. The fraction of sp³-hybridized carbons (Fsp3) is 0.500. The lowest BCUT2D eigenvalue weighted by atomic mass is 10.2. The van der Waals surface area contributed by atoms with E-state index in [1.54, 1.807) is 23.5 Å². The van der Waals surface area contributed by atoms with E-state index in [9.17, 15) is 8.42 Å². The number of aromatic nitrogens is 1. The van der Waals surface area contributed by atoms with Crippen molar-refractivity contribution in [2.75, 3.05) is 20.1 Å². The van der Waals surface area contributed by atoms with E-state index in [-0.39, 0.29) is 0 Å². The summed E-state index contributed by atoms with van der Waals surface area (Å²) >= 11 is 0. The number of guanidine groups is 1. The summed E-state index contributed by atoms with van der Waals surface area (Å²) in [5.41, 5.74) is 1.57. The number of piperidine rings is 1. The summed E-state index contributed by atoms with van der Waals surface area (Å²) in [4.78, 5) is 8.88. The van der Waals surface area contributed by atoms with E-state index in [0.717, 1.165) is 30.7 Å². The van der Waals surface area contributed by atoms with Gasteiger partial charge < -0.3 is 15.1 Å². The number of hydrogen-bond donors (Lipinski definition) is 2. The Balaban J connectivity index is 1.66. The third kappa shape index (κ3) is 5.16. The Morgan fingerprint density at radius 3 is 2.48 bits per heavy atom. The molecule has 1 aliphatic heterocycles. The topological polar surface area (TPSA) is 99.8 Å². The maximum Gasteiger partial charge on any atom is 0.243 e. The first-order valence-electron chi connectivity index (χ1n) is 9.87. The molecule has 158 valence electrons. The highest BCUT2D eigenvalue weighted by atomic mass is 32.2. The highest BCUT2D eigenvalue weighted by Gasteiger charge is 2.27. The van der Waals surface area contributed by atoms with Crippen LogP contribution in [0.15, 0.2) is 38.6 Å². The van der Waals surface area contributed by atoms with Gasteiger partial charge in [0.15, 0.2) is 5.96 Å². The van der Waals surface area contributed by atoms with Crippen molar-refractivity contribution in [3.63, 3.8) is 0 Å². The molecule has 2 aromatic rings. The Hall–Kier alpha value is -2.39. The number of nitrogens with one attached hydrogen (secondary N) is 2. The normalized spacial score (nSPS) is 16.0. The first-order chi connectivity index (χ1) is 13.9. The quantitative estimate of drug-likeness (QED) is 0.551. The first kappa shape index (κ1) is 21.3. The van der Waals surface area contributed by atoms with Crippen LogP contribution in [0.5, 0.6) is 0 Å². The van der Waals surface area contributed by atoms with E-state index < -0.39 is 10.0 Å². The minimum atomic E-state index is -3.50. The van der Waals surface area contributed by atoms with Gasteiger partial charge in [-0.05, 0) is 38.3 Å². The summed E-state index contributed by atoms with van der Waals surface area (Å²) in [7, 11) is -1.83. The van der Waals surface area contributed by atoms with Gasteiger partial charge in [0.25, 0.3) is 0 Å². The molecule has 2 heterocycles. The molecule has 1 aromatic carbocycles. The molecule has 0 atom stereocenters. The van der Waals surface area contributed by atoms with Crippen LogP contribution in [0.4, 0.5) is 0 Å². The molecule has 0 spiro atoms. The molecular weight excluding hydrogens is 390 g/mol. The van der Waals surface area contributed by atoms with Crippen molar-refractivity contribution in [3.05, 3.63) is 47.2 Å². The lowest BCUT2D eigenvalue weighted by Crippen LogP contribution is -2.38. The van der Waals surface area contributed by atoms with Gasteiger partial charge in [-0.1, -0.05) is 24.6 Å². The Bertz CT molecular complexity index is 943. The zero-order valence-electron chi connectivity index (χ0n) is 17.2. The minimum absolute atomic E-state index is 0.340. The zero-order chi connectivity index (χ0) is 20.9. The molecule has 0 amide bonds. The van der Waals surface area contributed by atoms with E-state index in [0.29, 0.717) is 48.5 Å². The highest BCUT2D eigenvalue weighted by molar-refractivity contribution is 7.89. The van der Waals surface area contributed by atoms with E-state index in [2.05, 4.69) is 20.6 Å². The number of nitrogens with zero attached hydrogens (tertiary/aromatic N) is 3. The first-order valence-corrected chi connectivity index (χ1v) is 11.3. The van der Waals surface area contributed by atoms with E-state index in [4.69, 9.17) is 4.42 Å². The van der Waals surface area contributed by atoms with E-state index in [1.807, 2.05) is 26.0 Å². The molecule has 3 rings (SSSR count). The molecule has 0 radical (unpaired) electrons. The van der Waals surface area contributed by atoms with Gasteiger partial charge >= 0.3 is 0 Å². The summed E-state index contributed by atoms with van der Waals surface area (Å²) in [6.45, 7) is 5.67. The van der Waals surface area contributed by atoms with Crippen molar-refractivity contribution in [3.8, 4) is 0 Å². The van der Waals surface area contributed by atoms with Crippen LogP contribution in [-0.4, -0.2) is 43.8 Å². The SMILES string of the molecule is CN=C(NCc1nc(C)c(C)o1)NCc1ccccc1S(=O)(=O)N1CCCCC1. The maximum atomic E-state index is 13.1. The van der Waals surface area contributed by atoms with Crippen LogP contribution >= 0.6 is 0 Å². The van der Waals surface area contributed by atoms with Gasteiger partial charge in [-0.15, -0.1) is 0 Å². The van der Waals surface area contributed by atoms with Crippen LogP contribution in [0.3, 0.4) is 0 Å². The summed E-state index contributed by atoms with van der Waals surface area (Å²) in [5.74, 6) is 1.92. The maximum absolute atomic E-state index is 13.1. The van der Waals surface area contributed by atoms with Crippen LogP contribution in [0.1, 0.15) is 42.2 Å². The molecule has 1 aromatic heterocycles. The van der Waals surface area contributed by atoms with Crippen molar-refractivity contribution in [2.45, 2.75) is 51.1 Å². The highest BCUT2D eigenvalue weighted by Crippen LogP contribution is 2.23. The predicted molar refractivity (Wildman–Crippen MR) is 112 cm³/mol. The monoisotopic (exact) mass is 419 g/mol. The van der Waals surface area contributed by atoms with Crippen molar-refractivity contribution in [1.82, 2.24) is 19.9 Å². The molecule has 1 fully saturated rings. The number of aryl methyl sites for hydroxylation is 2. The number of oxazole rings is 1. The number of benzene rings is 1. The molecule has 0 saturated carbocycles. The van der Waals surface area contributed by atoms with E-state index in [1.165, 1.54) is 0 Å². The molecule has 0 bridgehead atoms. The average molecular weight is 420 g/mol. The molecule has 29 heavy (non-hydrogen) atoms. The van der Waals surface area contributed by atoms with Gasteiger partial charge in [0.1, 0.15) is 5.76 Å². The van der Waals surface area contributed by atoms with Crippen molar-refractivity contribution in [2.24, 2.45) is 4.99 Å². The largest absolute Gasteiger partial charge is 0.444 e. The second kappa shape index (κ2) is 9.41. The molecule has 0 unspecified atom stereocenters. The Morgan fingerprint density at radius 1 is 1.14 bits per heavy atom. The average Bonchev–Trinajstić information content (AvgIpc) is 3.06. The number of aliphatic imine (C=N–C) groups is 1. The molecule has 1 aliphatic rings. The van der Waals surface area contributed by atoms with Crippen LogP contribution in [0.25, 0.3) is 0 Å². The lowest BCUT2D eigenvalue weighted by Gasteiger charge is -2.27. The minimum Gasteiger partial charge on any atom is -0.444 e. The van der Waals surface area contributed by atoms with Crippen LogP contribution in [-0.2, 0) is 23.1 Å². The third-order valence-electron chi connectivity index (χ3n) is 5.06. The van der Waals surface area contributed by atoms with Gasteiger partial charge in [0.05, 0.1) is 17.1 Å². The van der Waals surface area contributed by atoms with Crippen LogP contribution in [0, 0.1) is 13.8 Å². The second-order valence-electron chi connectivity index (χ2n) is 7.10. The smallest absolute Gasteiger partial charge is 0.243 e. The van der Waals surface area contributed by atoms with Crippen molar-refractivity contribution in [1.29, 1.82) is 0 Å². The number of rotatable bonds is 6. The van der Waals surface area contributed by atoms with Gasteiger partial charge in [-0.3, -0.25) is 4.99 Å². The Labute approximate surface area is 172 Å². The summed E-state index contributed by atoms with van der Waals surface area (Å²) in [6, 6.07) is 7.12. The van der Waals surface area contributed by atoms with Crippen molar-refractivity contribution >= 4 is 16.0 Å². The fourth-order valence-electron chi connectivity index (χ4n) is 3.32. The molecular formula is C20H29N5O3S. The summed E-state index contributed by atoms with van der Waals surface area (Å²) in [6.07, 6.45) is 2.91. The summed E-state index contributed by atoms with van der Waals surface area (Å²) in [5, 5.41) is 6.32. The summed E-state index contributed by atoms with van der Waals surface area (Å²) < 4.78 is 33.4. The Morgan fingerprint density at radius 2 is 1.83 bits per heavy atom. The van der Waals surface area contributed by atoms with Gasteiger partial charge in [0.2, 0.25) is 15.9 Å². The number of sulfonamides is 1. The van der Waals surface area contributed by atoms with Gasteiger partial charge in [-0.25, -0.2) is 13.4 Å². The molecule has 1 saturated heterocycles. The molecule has 8 nitrogen and oxygen atoms in total. The van der Waals surface area contributed by atoms with Crippen LogP contribution in [0.2, 0.25) is 0 Å². The van der Waals surface area contributed by atoms with Gasteiger partial charge in [0, 0.05) is 26.7 Å². The fourth-order valence-corrected chi connectivity index (χ4v) is 5.06. The predicted octanol–water partition coefficient (Wildman–Crippen LogP) is 2.33. The lowest BCUT2D eigenvalue weighted by molar-refractivity contribution is 0.346. The zero-order valence-corrected chi connectivity index (χ0v) is 18.1. The van der Waals surface area contributed by atoms with Gasteiger partial charge in [-0.2, -0.15) is 4.31 Å². The Kier molecular flexibility index (Phi) is 6.92. The van der Waals surface area contributed by atoms with E-state index >= 15 is 0 Å².